The second kappa shape index (κ2) is 4.86. The van der Waals surface area contributed by atoms with Gasteiger partial charge in [-0.25, -0.2) is 0 Å². The molecule has 120 valence electrons. The Kier molecular flexibility index (Phi) is 2.62. The van der Waals surface area contributed by atoms with E-state index in [9.17, 15) is 0 Å². The second-order valence-electron chi connectivity index (χ2n) is 7.39. The molecule has 0 unspecified atom stereocenters. The van der Waals surface area contributed by atoms with E-state index in [4.69, 9.17) is 0 Å². The summed E-state index contributed by atoms with van der Waals surface area (Å²) in [5.41, 5.74) is 2.80. The van der Waals surface area contributed by atoms with E-state index >= 15 is 0 Å². The Bertz CT molecular complexity index is 1270. The highest BCUT2D eigenvalue weighted by atomic mass is 15.0. The van der Waals surface area contributed by atoms with Crippen molar-refractivity contribution in [1.82, 2.24) is 4.57 Å². The number of nitrogens with zero attached hydrogens (tertiary/aromatic N) is 1. The van der Waals surface area contributed by atoms with Crippen molar-refractivity contribution >= 4 is 43.4 Å². The van der Waals surface area contributed by atoms with Gasteiger partial charge >= 0.3 is 0 Å². The van der Waals surface area contributed by atoms with Crippen molar-refractivity contribution < 1.29 is 0 Å². The van der Waals surface area contributed by atoms with E-state index in [0.717, 1.165) is 12.5 Å². The fraction of sp³-hybridized carbons (Fsp3) is 0.167. The number of fused-ring (bicyclic) bond motifs is 8. The Morgan fingerprint density at radius 3 is 1.92 bits per heavy atom. The SMILES string of the molecule is c1ccc2c(c1)c1ccccc1c1c2c2ccccc2n1CC1CC1. The van der Waals surface area contributed by atoms with Gasteiger partial charge in [-0.15, -0.1) is 0 Å². The van der Waals surface area contributed by atoms with E-state index in [1.165, 1.54) is 56.2 Å². The minimum Gasteiger partial charge on any atom is -0.340 e. The molecule has 6 rings (SSSR count). The fourth-order valence-corrected chi connectivity index (χ4v) is 4.46. The summed E-state index contributed by atoms with van der Waals surface area (Å²) in [6.07, 6.45) is 2.75. The molecule has 0 spiro atoms. The maximum atomic E-state index is 2.59. The van der Waals surface area contributed by atoms with Gasteiger partial charge in [-0.1, -0.05) is 66.7 Å². The molecule has 0 radical (unpaired) electrons. The molecular weight excluding hydrogens is 302 g/mol. The van der Waals surface area contributed by atoms with Crippen LogP contribution in [-0.4, -0.2) is 4.57 Å². The Labute approximate surface area is 146 Å². The summed E-state index contributed by atoms with van der Waals surface area (Å²) < 4.78 is 2.59. The molecule has 1 heterocycles. The van der Waals surface area contributed by atoms with Gasteiger partial charge in [0.05, 0.1) is 5.52 Å². The van der Waals surface area contributed by atoms with Crippen LogP contribution in [0, 0.1) is 5.92 Å². The lowest BCUT2D eigenvalue weighted by atomic mass is 9.97. The van der Waals surface area contributed by atoms with Gasteiger partial charge in [0.15, 0.2) is 0 Å². The third kappa shape index (κ3) is 1.84. The Balaban J connectivity index is 1.95. The van der Waals surface area contributed by atoms with Crippen molar-refractivity contribution in [3.8, 4) is 0 Å². The van der Waals surface area contributed by atoms with Crippen LogP contribution < -0.4 is 0 Å². The average Bonchev–Trinajstić information content (AvgIpc) is 3.43. The summed E-state index contributed by atoms with van der Waals surface area (Å²) in [5.74, 6) is 0.851. The van der Waals surface area contributed by atoms with Gasteiger partial charge in [0.1, 0.15) is 0 Å². The van der Waals surface area contributed by atoms with Gasteiger partial charge in [-0.05, 0) is 41.0 Å². The molecule has 25 heavy (non-hydrogen) atoms. The lowest BCUT2D eigenvalue weighted by Crippen LogP contribution is -1.99. The first-order valence-electron chi connectivity index (χ1n) is 9.22. The van der Waals surface area contributed by atoms with Crippen molar-refractivity contribution in [2.75, 3.05) is 0 Å². The molecule has 0 amide bonds. The minimum absolute atomic E-state index is 0.851. The summed E-state index contributed by atoms with van der Waals surface area (Å²) >= 11 is 0. The van der Waals surface area contributed by atoms with Gasteiger partial charge in [0.25, 0.3) is 0 Å². The molecule has 5 aromatic rings. The molecule has 1 aromatic heterocycles. The standard InChI is InChI=1S/C24H19N/c1-3-9-19-17(7-1)18-8-2-4-10-20(18)24-23(19)21-11-5-6-12-22(21)25(24)15-16-13-14-16/h1-12,16H,13-15H2. The van der Waals surface area contributed by atoms with E-state index in [-0.39, 0.29) is 0 Å². The maximum absolute atomic E-state index is 2.59. The summed E-state index contributed by atoms with van der Waals surface area (Å²) in [6, 6.07) is 26.7. The van der Waals surface area contributed by atoms with Gasteiger partial charge in [0, 0.05) is 28.2 Å². The zero-order valence-corrected chi connectivity index (χ0v) is 14.1. The van der Waals surface area contributed by atoms with Gasteiger partial charge < -0.3 is 4.57 Å². The largest absolute Gasteiger partial charge is 0.340 e. The van der Waals surface area contributed by atoms with E-state index in [0.29, 0.717) is 0 Å². The number of benzene rings is 4. The molecule has 1 fully saturated rings. The Morgan fingerprint density at radius 2 is 1.20 bits per heavy atom. The van der Waals surface area contributed by atoms with Gasteiger partial charge in [-0.2, -0.15) is 0 Å². The molecule has 0 N–H and O–H groups in total. The number of hydrogen-bond donors (Lipinski definition) is 0. The number of aromatic nitrogens is 1. The molecule has 0 atom stereocenters. The smallest absolute Gasteiger partial charge is 0.0577 e. The molecule has 1 aliphatic carbocycles. The molecule has 1 heteroatoms. The molecule has 1 nitrogen and oxygen atoms in total. The van der Waals surface area contributed by atoms with Gasteiger partial charge in [-0.3, -0.25) is 0 Å². The van der Waals surface area contributed by atoms with Crippen LogP contribution in [-0.2, 0) is 6.54 Å². The predicted octanol–water partition coefficient (Wildman–Crippen LogP) is 6.51. The van der Waals surface area contributed by atoms with Crippen molar-refractivity contribution in [2.45, 2.75) is 19.4 Å². The Morgan fingerprint density at radius 1 is 0.640 bits per heavy atom. The summed E-state index contributed by atoms with van der Waals surface area (Å²) in [7, 11) is 0. The molecule has 4 aromatic carbocycles. The maximum Gasteiger partial charge on any atom is 0.0577 e. The number of para-hydroxylation sites is 1. The molecular formula is C24H19N. The van der Waals surface area contributed by atoms with Crippen LogP contribution in [0.15, 0.2) is 72.8 Å². The van der Waals surface area contributed by atoms with E-state index < -0.39 is 0 Å². The number of rotatable bonds is 2. The highest BCUT2D eigenvalue weighted by Crippen LogP contribution is 2.42. The first-order chi connectivity index (χ1) is 12.4. The molecule has 1 saturated carbocycles. The lowest BCUT2D eigenvalue weighted by molar-refractivity contribution is 0.665. The van der Waals surface area contributed by atoms with Crippen LogP contribution in [0.4, 0.5) is 0 Å². The molecule has 0 aliphatic heterocycles. The molecule has 0 saturated heterocycles. The van der Waals surface area contributed by atoms with E-state index in [2.05, 4.69) is 77.4 Å². The minimum atomic E-state index is 0.851. The third-order valence-corrected chi connectivity index (χ3v) is 5.78. The molecule has 0 bridgehead atoms. The highest BCUT2D eigenvalue weighted by molar-refractivity contribution is 6.31. The van der Waals surface area contributed by atoms with Crippen molar-refractivity contribution in [3.63, 3.8) is 0 Å². The van der Waals surface area contributed by atoms with E-state index in [1.54, 1.807) is 0 Å². The Hall–Kier alpha value is -2.80. The van der Waals surface area contributed by atoms with Crippen molar-refractivity contribution in [3.05, 3.63) is 72.8 Å². The number of hydrogen-bond acceptors (Lipinski definition) is 0. The van der Waals surface area contributed by atoms with Crippen LogP contribution in [0.2, 0.25) is 0 Å². The normalized spacial score (nSPS) is 14.9. The lowest BCUT2D eigenvalue weighted by Gasteiger charge is -2.11. The zero-order valence-electron chi connectivity index (χ0n) is 14.1. The second-order valence-corrected chi connectivity index (χ2v) is 7.39. The quantitative estimate of drug-likeness (QED) is 0.327. The summed E-state index contributed by atoms with van der Waals surface area (Å²) in [6.45, 7) is 1.15. The predicted molar refractivity (Wildman–Crippen MR) is 107 cm³/mol. The van der Waals surface area contributed by atoms with Crippen LogP contribution >= 0.6 is 0 Å². The summed E-state index contributed by atoms with van der Waals surface area (Å²) in [5, 5.41) is 8.30. The highest BCUT2D eigenvalue weighted by Gasteiger charge is 2.25. The topological polar surface area (TPSA) is 4.93 Å². The van der Waals surface area contributed by atoms with Crippen molar-refractivity contribution in [2.24, 2.45) is 5.92 Å². The zero-order chi connectivity index (χ0) is 16.4. The van der Waals surface area contributed by atoms with Crippen LogP contribution in [0.25, 0.3) is 43.4 Å². The third-order valence-electron chi connectivity index (χ3n) is 5.78. The van der Waals surface area contributed by atoms with Gasteiger partial charge in [0.2, 0.25) is 0 Å². The summed E-state index contributed by atoms with van der Waals surface area (Å²) in [4.78, 5) is 0. The average molecular weight is 321 g/mol. The van der Waals surface area contributed by atoms with Crippen LogP contribution in [0.5, 0.6) is 0 Å². The monoisotopic (exact) mass is 321 g/mol. The first-order valence-corrected chi connectivity index (χ1v) is 9.22. The van der Waals surface area contributed by atoms with Crippen LogP contribution in [0.1, 0.15) is 12.8 Å². The van der Waals surface area contributed by atoms with Crippen LogP contribution in [0.3, 0.4) is 0 Å². The van der Waals surface area contributed by atoms with Crippen molar-refractivity contribution in [1.29, 1.82) is 0 Å². The van der Waals surface area contributed by atoms with E-state index in [1.807, 2.05) is 0 Å². The molecule has 1 aliphatic rings. The first kappa shape index (κ1) is 13.5. The fourth-order valence-electron chi connectivity index (χ4n) is 4.46.